The number of rotatable bonds is 7. The SMILES string of the molecule is CCCC1CC(NC(CN(C)C)c2ccccc2)CCO1. The van der Waals surface area contributed by atoms with Crippen molar-refractivity contribution in [3.8, 4) is 0 Å². The van der Waals surface area contributed by atoms with Crippen LogP contribution in [-0.2, 0) is 4.74 Å². The van der Waals surface area contributed by atoms with Crippen LogP contribution < -0.4 is 5.32 Å². The summed E-state index contributed by atoms with van der Waals surface area (Å²) in [6, 6.07) is 11.8. The fraction of sp³-hybridized carbons (Fsp3) is 0.667. The highest BCUT2D eigenvalue weighted by Crippen LogP contribution is 2.22. The Morgan fingerprint density at radius 1 is 1.29 bits per heavy atom. The quantitative estimate of drug-likeness (QED) is 0.834. The molecule has 1 N–H and O–H groups in total. The van der Waals surface area contributed by atoms with E-state index in [4.69, 9.17) is 4.74 Å². The van der Waals surface area contributed by atoms with Crippen molar-refractivity contribution in [1.82, 2.24) is 10.2 Å². The molecule has 1 aliphatic rings. The zero-order valence-electron chi connectivity index (χ0n) is 13.7. The topological polar surface area (TPSA) is 24.5 Å². The molecule has 1 heterocycles. The van der Waals surface area contributed by atoms with E-state index in [0.717, 1.165) is 26.0 Å². The maximum atomic E-state index is 5.87. The van der Waals surface area contributed by atoms with Gasteiger partial charge < -0.3 is 15.0 Å². The number of nitrogens with zero attached hydrogens (tertiary/aromatic N) is 1. The van der Waals surface area contributed by atoms with Gasteiger partial charge in [-0.3, -0.25) is 0 Å². The molecule has 3 atom stereocenters. The van der Waals surface area contributed by atoms with E-state index in [1.54, 1.807) is 0 Å². The van der Waals surface area contributed by atoms with Gasteiger partial charge in [-0.2, -0.15) is 0 Å². The number of benzene rings is 1. The second-order valence-electron chi connectivity index (χ2n) is 6.39. The van der Waals surface area contributed by atoms with Crippen LogP contribution in [0.1, 0.15) is 44.2 Å². The van der Waals surface area contributed by atoms with Crippen molar-refractivity contribution in [1.29, 1.82) is 0 Å². The van der Waals surface area contributed by atoms with E-state index >= 15 is 0 Å². The molecule has 21 heavy (non-hydrogen) atoms. The Labute approximate surface area is 129 Å². The molecule has 118 valence electrons. The average molecular weight is 290 g/mol. The molecule has 3 nitrogen and oxygen atoms in total. The number of ether oxygens (including phenoxy) is 1. The normalized spacial score (nSPS) is 24.2. The van der Waals surface area contributed by atoms with Crippen LogP contribution in [-0.4, -0.2) is 44.3 Å². The van der Waals surface area contributed by atoms with Crippen molar-refractivity contribution >= 4 is 0 Å². The second-order valence-corrected chi connectivity index (χ2v) is 6.39. The molecule has 1 aromatic rings. The molecule has 0 radical (unpaired) electrons. The van der Waals surface area contributed by atoms with E-state index < -0.39 is 0 Å². The molecule has 3 unspecified atom stereocenters. The zero-order valence-corrected chi connectivity index (χ0v) is 13.7. The van der Waals surface area contributed by atoms with Crippen LogP contribution in [0.5, 0.6) is 0 Å². The maximum absolute atomic E-state index is 5.87. The molecule has 0 spiro atoms. The third kappa shape index (κ3) is 5.42. The summed E-state index contributed by atoms with van der Waals surface area (Å²) < 4.78 is 5.87. The van der Waals surface area contributed by atoms with E-state index in [1.165, 1.54) is 18.4 Å². The Bertz CT molecular complexity index is 391. The summed E-state index contributed by atoms with van der Waals surface area (Å²) >= 11 is 0. The standard InChI is InChI=1S/C18H30N2O/c1-4-8-17-13-16(11-12-21-17)19-18(14-20(2)3)15-9-6-5-7-10-15/h5-7,9-10,16-19H,4,8,11-14H2,1-3H3. The molecule has 0 aliphatic carbocycles. The predicted octanol–water partition coefficient (Wildman–Crippen LogP) is 3.23. The minimum absolute atomic E-state index is 0.395. The maximum Gasteiger partial charge on any atom is 0.0589 e. The first-order valence-electron chi connectivity index (χ1n) is 8.26. The van der Waals surface area contributed by atoms with Gasteiger partial charge in [0.2, 0.25) is 0 Å². The van der Waals surface area contributed by atoms with Gasteiger partial charge in [-0.1, -0.05) is 43.7 Å². The molecule has 0 amide bonds. The van der Waals surface area contributed by atoms with Gasteiger partial charge >= 0.3 is 0 Å². The summed E-state index contributed by atoms with van der Waals surface area (Å²) in [6.07, 6.45) is 5.10. The Hall–Kier alpha value is -0.900. The Morgan fingerprint density at radius 2 is 2.05 bits per heavy atom. The summed E-state index contributed by atoms with van der Waals surface area (Å²) in [5.74, 6) is 0. The third-order valence-corrected chi connectivity index (χ3v) is 4.16. The highest BCUT2D eigenvalue weighted by atomic mass is 16.5. The van der Waals surface area contributed by atoms with E-state index in [1.807, 2.05) is 0 Å². The zero-order chi connectivity index (χ0) is 15.1. The number of likely N-dealkylation sites (N-methyl/N-ethyl adjacent to an activating group) is 1. The molecule has 1 aliphatic heterocycles. The van der Waals surface area contributed by atoms with Crippen molar-refractivity contribution < 1.29 is 4.74 Å². The molecule has 2 rings (SSSR count). The Morgan fingerprint density at radius 3 is 2.71 bits per heavy atom. The van der Waals surface area contributed by atoms with Gasteiger partial charge in [0.25, 0.3) is 0 Å². The number of nitrogens with one attached hydrogen (secondary N) is 1. The molecule has 0 bridgehead atoms. The van der Waals surface area contributed by atoms with Crippen LogP contribution in [0.2, 0.25) is 0 Å². The molecule has 0 saturated carbocycles. The lowest BCUT2D eigenvalue weighted by Crippen LogP contribution is -2.43. The monoisotopic (exact) mass is 290 g/mol. The summed E-state index contributed by atoms with van der Waals surface area (Å²) in [5.41, 5.74) is 1.38. The third-order valence-electron chi connectivity index (χ3n) is 4.16. The van der Waals surface area contributed by atoms with Crippen molar-refractivity contribution in [2.45, 2.75) is 50.8 Å². The minimum atomic E-state index is 0.395. The van der Waals surface area contributed by atoms with Crippen molar-refractivity contribution in [2.75, 3.05) is 27.2 Å². The molecule has 3 heteroatoms. The smallest absolute Gasteiger partial charge is 0.0589 e. The van der Waals surface area contributed by atoms with Crippen LogP contribution in [0.4, 0.5) is 0 Å². The van der Waals surface area contributed by atoms with Gasteiger partial charge in [0.15, 0.2) is 0 Å². The summed E-state index contributed by atoms with van der Waals surface area (Å²) in [5, 5.41) is 3.87. The molecule has 0 aromatic heterocycles. The molecule has 1 fully saturated rings. The molecule has 1 saturated heterocycles. The van der Waals surface area contributed by atoms with Gasteiger partial charge in [0.05, 0.1) is 6.10 Å². The second kappa shape index (κ2) is 8.52. The molecular weight excluding hydrogens is 260 g/mol. The van der Waals surface area contributed by atoms with Crippen LogP contribution >= 0.6 is 0 Å². The summed E-state index contributed by atoms with van der Waals surface area (Å²) in [7, 11) is 4.28. The van der Waals surface area contributed by atoms with E-state index in [-0.39, 0.29) is 0 Å². The fourth-order valence-electron chi connectivity index (χ4n) is 3.14. The van der Waals surface area contributed by atoms with Crippen molar-refractivity contribution in [2.24, 2.45) is 0 Å². The van der Waals surface area contributed by atoms with E-state index in [2.05, 4.69) is 61.6 Å². The van der Waals surface area contributed by atoms with Crippen molar-refractivity contribution in [3.05, 3.63) is 35.9 Å². The Balaban J connectivity index is 1.98. The van der Waals surface area contributed by atoms with Gasteiger partial charge in [0.1, 0.15) is 0 Å². The number of hydrogen-bond acceptors (Lipinski definition) is 3. The first-order valence-corrected chi connectivity index (χ1v) is 8.26. The lowest BCUT2D eigenvalue weighted by Gasteiger charge is -2.34. The van der Waals surface area contributed by atoms with E-state index in [0.29, 0.717) is 18.2 Å². The van der Waals surface area contributed by atoms with Crippen LogP contribution in [0.3, 0.4) is 0 Å². The first-order chi connectivity index (χ1) is 10.2. The number of hydrogen-bond donors (Lipinski definition) is 1. The lowest BCUT2D eigenvalue weighted by atomic mass is 9.97. The predicted molar refractivity (Wildman–Crippen MR) is 88.5 cm³/mol. The van der Waals surface area contributed by atoms with Gasteiger partial charge in [-0.25, -0.2) is 0 Å². The average Bonchev–Trinajstić information content (AvgIpc) is 2.48. The molecular formula is C18H30N2O. The van der Waals surface area contributed by atoms with Crippen LogP contribution in [0.15, 0.2) is 30.3 Å². The lowest BCUT2D eigenvalue weighted by molar-refractivity contribution is -0.00554. The first kappa shape index (κ1) is 16.5. The Kier molecular flexibility index (Phi) is 6.68. The van der Waals surface area contributed by atoms with Gasteiger partial charge in [-0.15, -0.1) is 0 Å². The van der Waals surface area contributed by atoms with Gasteiger partial charge in [0, 0.05) is 25.2 Å². The highest BCUT2D eigenvalue weighted by Gasteiger charge is 2.24. The largest absolute Gasteiger partial charge is 0.378 e. The van der Waals surface area contributed by atoms with Crippen molar-refractivity contribution in [3.63, 3.8) is 0 Å². The minimum Gasteiger partial charge on any atom is -0.378 e. The van der Waals surface area contributed by atoms with Crippen LogP contribution in [0, 0.1) is 0 Å². The van der Waals surface area contributed by atoms with E-state index in [9.17, 15) is 0 Å². The summed E-state index contributed by atoms with van der Waals surface area (Å²) in [4.78, 5) is 2.26. The highest BCUT2D eigenvalue weighted by molar-refractivity contribution is 5.19. The molecule has 1 aromatic carbocycles. The van der Waals surface area contributed by atoms with Gasteiger partial charge in [-0.05, 0) is 38.9 Å². The fourth-order valence-corrected chi connectivity index (χ4v) is 3.14. The summed E-state index contributed by atoms with van der Waals surface area (Å²) in [6.45, 7) is 4.16. The van der Waals surface area contributed by atoms with Crippen LogP contribution in [0.25, 0.3) is 0 Å².